The summed E-state index contributed by atoms with van der Waals surface area (Å²) in [6.07, 6.45) is 15.0. The van der Waals surface area contributed by atoms with Crippen LogP contribution in [0.1, 0.15) is 131 Å². The molecule has 6 unspecified atom stereocenters. The molecule has 0 aromatic heterocycles. The molecular formula is C34H53NO6. The second-order valence-corrected chi connectivity index (χ2v) is 14.5. The average molecular weight is 572 g/mol. The van der Waals surface area contributed by atoms with Crippen LogP contribution < -0.4 is 0 Å². The summed E-state index contributed by atoms with van der Waals surface area (Å²) in [5.74, 6) is 0.548. The van der Waals surface area contributed by atoms with Gasteiger partial charge in [-0.1, -0.05) is 59.3 Å². The molecule has 230 valence electrons. The Morgan fingerprint density at radius 2 is 1.59 bits per heavy atom. The Morgan fingerprint density at radius 1 is 1.02 bits per heavy atom. The van der Waals surface area contributed by atoms with Crippen molar-refractivity contribution >= 4 is 17.9 Å². The third-order valence-electron chi connectivity index (χ3n) is 11.6. The second kappa shape index (κ2) is 12.6. The molecule has 4 saturated carbocycles. The fourth-order valence-electron chi connectivity index (χ4n) is 8.05. The fraction of sp³-hybridized carbons (Fsp3) is 0.882. The lowest BCUT2D eigenvalue weighted by atomic mass is 9.67. The number of nitrogens with zero attached hydrogens (tertiary/aromatic N) is 1. The minimum Gasteiger partial charge on any atom is -0.459 e. The SMILES string of the molecule is CCC(C)(C)C(=O)OC1C2CC3C1OC(=O)C3(C#N)C2.CCC(C)C(=O)OC(C)(C1CCCCC1)C1CCCCC1. The lowest BCUT2D eigenvalue weighted by Gasteiger charge is -2.46. The number of hydrogen-bond donors (Lipinski definition) is 0. The van der Waals surface area contributed by atoms with E-state index in [0.717, 1.165) is 12.8 Å². The highest BCUT2D eigenvalue weighted by molar-refractivity contribution is 5.84. The molecule has 6 atom stereocenters. The van der Waals surface area contributed by atoms with Crippen LogP contribution in [0.4, 0.5) is 0 Å². The molecule has 0 spiro atoms. The highest BCUT2D eigenvalue weighted by atomic mass is 16.6. The van der Waals surface area contributed by atoms with Crippen molar-refractivity contribution < 1.29 is 28.6 Å². The van der Waals surface area contributed by atoms with Gasteiger partial charge in [-0.3, -0.25) is 14.4 Å². The third kappa shape index (κ3) is 6.04. The first kappa shape index (κ1) is 31.8. The average Bonchev–Trinajstić information content (AvgIpc) is 3.60. The molecule has 0 amide bonds. The Balaban J connectivity index is 0.000000189. The van der Waals surface area contributed by atoms with Crippen molar-refractivity contribution in [1.82, 2.24) is 0 Å². The summed E-state index contributed by atoms with van der Waals surface area (Å²) in [4.78, 5) is 36.6. The minimum atomic E-state index is -0.974. The number of nitriles is 1. The maximum absolute atomic E-state index is 12.5. The van der Waals surface area contributed by atoms with Crippen LogP contribution in [0.5, 0.6) is 0 Å². The van der Waals surface area contributed by atoms with E-state index in [1.165, 1.54) is 64.2 Å². The summed E-state index contributed by atoms with van der Waals surface area (Å²) in [5, 5.41) is 9.31. The molecule has 7 heteroatoms. The van der Waals surface area contributed by atoms with Crippen LogP contribution in [0, 0.1) is 51.8 Å². The quantitative estimate of drug-likeness (QED) is 0.222. The van der Waals surface area contributed by atoms with Gasteiger partial charge in [-0.15, -0.1) is 0 Å². The van der Waals surface area contributed by atoms with E-state index >= 15 is 0 Å². The largest absolute Gasteiger partial charge is 0.459 e. The maximum Gasteiger partial charge on any atom is 0.327 e. The van der Waals surface area contributed by atoms with Gasteiger partial charge in [0, 0.05) is 11.8 Å². The molecule has 5 rings (SSSR count). The fourth-order valence-corrected chi connectivity index (χ4v) is 8.05. The summed E-state index contributed by atoms with van der Waals surface area (Å²) in [6, 6.07) is 2.15. The molecular weight excluding hydrogens is 518 g/mol. The van der Waals surface area contributed by atoms with Crippen molar-refractivity contribution in [2.75, 3.05) is 0 Å². The van der Waals surface area contributed by atoms with E-state index in [1.54, 1.807) is 0 Å². The normalized spacial score (nSPS) is 32.4. The number of carbonyl (C=O) groups is 3. The molecule has 7 nitrogen and oxygen atoms in total. The van der Waals surface area contributed by atoms with E-state index < -0.39 is 22.9 Å². The highest BCUT2D eigenvalue weighted by Crippen LogP contribution is 2.62. The zero-order valence-electron chi connectivity index (χ0n) is 26.3. The summed E-state index contributed by atoms with van der Waals surface area (Å²) in [7, 11) is 0. The molecule has 5 fully saturated rings. The summed E-state index contributed by atoms with van der Waals surface area (Å²) >= 11 is 0. The first-order valence-electron chi connectivity index (χ1n) is 16.5. The Labute approximate surface area is 247 Å². The molecule has 0 radical (unpaired) electrons. The number of hydrogen-bond acceptors (Lipinski definition) is 7. The van der Waals surface area contributed by atoms with Gasteiger partial charge in [0.25, 0.3) is 0 Å². The van der Waals surface area contributed by atoms with Crippen LogP contribution in [-0.2, 0) is 28.6 Å². The Bertz CT molecular complexity index is 985. The maximum atomic E-state index is 12.5. The van der Waals surface area contributed by atoms with Crippen LogP contribution in [0.15, 0.2) is 0 Å². The van der Waals surface area contributed by atoms with Gasteiger partial charge >= 0.3 is 17.9 Å². The van der Waals surface area contributed by atoms with Crippen molar-refractivity contribution in [2.45, 2.75) is 149 Å². The van der Waals surface area contributed by atoms with Crippen LogP contribution in [-0.4, -0.2) is 35.7 Å². The van der Waals surface area contributed by atoms with Crippen LogP contribution in [0.25, 0.3) is 0 Å². The number of carbonyl (C=O) groups excluding carboxylic acids is 3. The van der Waals surface area contributed by atoms with E-state index in [4.69, 9.17) is 14.2 Å². The van der Waals surface area contributed by atoms with E-state index in [0.29, 0.717) is 24.7 Å². The zero-order chi connectivity index (χ0) is 30.0. The van der Waals surface area contributed by atoms with Gasteiger partial charge in [-0.05, 0) is 84.0 Å². The van der Waals surface area contributed by atoms with Gasteiger partial charge in [0.2, 0.25) is 0 Å². The summed E-state index contributed by atoms with van der Waals surface area (Å²) in [5.41, 5.74) is -1.71. The first-order chi connectivity index (χ1) is 19.4. The second-order valence-electron chi connectivity index (χ2n) is 14.5. The van der Waals surface area contributed by atoms with E-state index in [-0.39, 0.29) is 41.4 Å². The van der Waals surface area contributed by atoms with E-state index in [9.17, 15) is 19.6 Å². The smallest absolute Gasteiger partial charge is 0.327 e. The van der Waals surface area contributed by atoms with Crippen molar-refractivity contribution in [3.63, 3.8) is 0 Å². The standard InChI is InChI=1S/C19H34O2.C15H19NO4/c1-4-15(2)18(20)21-19(3,16-11-7-5-8-12-16)17-13-9-6-10-14-17;1-4-14(2,3)12(17)19-10-8-5-9-11(10)20-13(18)15(9,6-8)7-16/h15-17H,4-14H2,1-3H3;8-11H,4-6H2,1-3H3. The van der Waals surface area contributed by atoms with Crippen LogP contribution >= 0.6 is 0 Å². The number of rotatable bonds is 8. The lowest BCUT2D eigenvalue weighted by molar-refractivity contribution is -0.181. The predicted octanol–water partition coefficient (Wildman–Crippen LogP) is 7.30. The molecule has 4 aliphatic carbocycles. The number of ether oxygens (including phenoxy) is 3. The van der Waals surface area contributed by atoms with Gasteiger partial charge in [0.05, 0.1) is 17.4 Å². The van der Waals surface area contributed by atoms with E-state index in [2.05, 4.69) is 19.9 Å². The summed E-state index contributed by atoms with van der Waals surface area (Å²) in [6.45, 7) is 12.0. The minimum absolute atomic E-state index is 0.0381. The molecule has 1 saturated heterocycles. The Hall–Kier alpha value is -2.10. The van der Waals surface area contributed by atoms with E-state index in [1.807, 2.05) is 27.7 Å². The van der Waals surface area contributed by atoms with Crippen molar-refractivity contribution in [3.8, 4) is 6.07 Å². The Morgan fingerprint density at radius 3 is 2.07 bits per heavy atom. The molecule has 0 aromatic rings. The van der Waals surface area contributed by atoms with Gasteiger partial charge in [-0.25, -0.2) is 0 Å². The van der Waals surface area contributed by atoms with Gasteiger partial charge in [0.1, 0.15) is 17.8 Å². The topological polar surface area (TPSA) is 103 Å². The molecule has 5 aliphatic rings. The molecule has 2 bridgehead atoms. The van der Waals surface area contributed by atoms with Gasteiger partial charge < -0.3 is 14.2 Å². The molecule has 1 heterocycles. The monoisotopic (exact) mass is 571 g/mol. The van der Waals surface area contributed by atoms with Gasteiger partial charge in [0.15, 0.2) is 5.41 Å². The van der Waals surface area contributed by atoms with Crippen molar-refractivity contribution in [1.29, 1.82) is 5.26 Å². The first-order valence-corrected chi connectivity index (χ1v) is 16.5. The van der Waals surface area contributed by atoms with Crippen LogP contribution in [0.2, 0.25) is 0 Å². The zero-order valence-corrected chi connectivity index (χ0v) is 26.3. The number of esters is 3. The van der Waals surface area contributed by atoms with Crippen LogP contribution in [0.3, 0.4) is 0 Å². The lowest BCUT2D eigenvalue weighted by Crippen LogP contribution is -2.48. The predicted molar refractivity (Wildman–Crippen MR) is 155 cm³/mol. The van der Waals surface area contributed by atoms with Crippen molar-refractivity contribution in [3.05, 3.63) is 0 Å². The van der Waals surface area contributed by atoms with Crippen molar-refractivity contribution in [2.24, 2.45) is 40.4 Å². The summed E-state index contributed by atoms with van der Waals surface area (Å²) < 4.78 is 17.2. The molecule has 1 aliphatic heterocycles. The molecule has 0 N–H and O–H groups in total. The Kier molecular flexibility index (Phi) is 9.81. The third-order valence-corrected chi connectivity index (χ3v) is 11.6. The number of fused-ring (bicyclic) bond motifs is 1. The molecule has 0 aromatic carbocycles. The molecule has 41 heavy (non-hydrogen) atoms. The highest BCUT2D eigenvalue weighted by Gasteiger charge is 2.72. The van der Waals surface area contributed by atoms with Gasteiger partial charge in [-0.2, -0.15) is 5.26 Å².